The van der Waals surface area contributed by atoms with Gasteiger partial charge in [0.05, 0.1) is 74.9 Å². The molecule has 0 bridgehead atoms. The van der Waals surface area contributed by atoms with Gasteiger partial charge in [0.15, 0.2) is 62.7 Å². The lowest BCUT2D eigenvalue weighted by molar-refractivity contribution is -0.404. The lowest BCUT2D eigenvalue weighted by Crippen LogP contribution is -2.69. The minimum absolute atomic E-state index is 0.0405. The number of aldehydes is 1. The number of carbonyl (C=O) groups excluding carboxylic acids is 2. The highest BCUT2D eigenvalue weighted by Gasteiger charge is 2.72. The van der Waals surface area contributed by atoms with Crippen LogP contribution < -0.4 is 0 Å². The number of fused-ring (bicyclic) bond motifs is 7. The van der Waals surface area contributed by atoms with Crippen molar-refractivity contribution in [3.05, 3.63) is 11.6 Å². The lowest BCUT2D eigenvalue weighted by atomic mass is 9.33. The van der Waals surface area contributed by atoms with Crippen LogP contribution in [0.2, 0.25) is 0 Å². The maximum Gasteiger partial charge on any atom is 0.335 e. The average molecular weight is 1970 g/mol. The zero-order chi connectivity index (χ0) is 99.0. The minimum Gasteiger partial charge on any atom is -0.479 e. The third-order valence-electron chi connectivity index (χ3n) is 32.8. The van der Waals surface area contributed by atoms with Crippen LogP contribution in [-0.2, 0) is 109 Å². The fourth-order valence-corrected chi connectivity index (χ4v) is 24.2. The molecule has 0 aromatic rings. The SMILES string of the molecule is C[C@@H]1O[C@@H](O[C@H]2[C@H](O[C@@H]3OC[C@@H](O[C@@H]4OC[C@H](O)[C@H](O)[C@H]4O)[C@H](O)[C@H]3O[C@@H]3O[C@H](CO)[C@H](O)[C@H](O)[C@H]3O)[C@@H](O)[C@H](O[C@H]3CC[C@]4(C)[C@H]5CC=C6[C@@H]7CC(C)(C)CC[C@]7(C(=O)O[C@@H]7O[C@H](C)[C@H](O[C@@H]8OC[C@@H](O)[C@H](O)[C@H]8O)[C@H](O[C@@H]8O[C@@H](C)[C@H](O[C@@H]9O[C@H](CO)[C@H](O)[C@H](O)[C@H]9O)[C@@H](O)[C@H]8O[C@@H]8O[C@H](CO)[C@@H](O)[C@H](O)[C@H]8O)[C@H]7O)CC[C@@]6(C)[C@]5(C)CC[C@H]4[C@@]3(C)C=O)O[C@@H]2C(=O)O)[C@H](O)[C@H](O)[C@H]1O. The normalized spacial score (nSPS) is 55.0. The zero-order valence-electron chi connectivity index (χ0n) is 76.4. The topological polar surface area (TPSA) is 762 Å². The summed E-state index contributed by atoms with van der Waals surface area (Å²) in [6.07, 6.45) is -85.7. The predicted octanol–water partition coefficient (Wildman–Crippen LogP) is -10.8. The molecule has 0 aromatic carbocycles. The van der Waals surface area contributed by atoms with E-state index in [1.807, 2.05) is 0 Å². The molecule has 10 saturated heterocycles. The largest absolute Gasteiger partial charge is 0.479 e. The lowest BCUT2D eigenvalue weighted by Gasteiger charge is -2.71. The van der Waals surface area contributed by atoms with Crippen LogP contribution in [0.3, 0.4) is 0 Å². The number of ether oxygens (including phenoxy) is 20. The third-order valence-corrected chi connectivity index (χ3v) is 32.8. The number of carbonyl (C=O) groups is 3. The number of carboxylic acid groups (broad SMARTS) is 1. The van der Waals surface area contributed by atoms with Crippen molar-refractivity contribution >= 4 is 18.2 Å². The second kappa shape index (κ2) is 41.5. The number of hydrogen-bond acceptors (Lipinski definition) is 48. The molecule has 15 aliphatic rings. The van der Waals surface area contributed by atoms with Crippen molar-refractivity contribution in [1.82, 2.24) is 0 Å². The van der Waals surface area contributed by atoms with Crippen LogP contribution in [-0.4, -0.2) is 485 Å². The van der Waals surface area contributed by atoms with Gasteiger partial charge in [0.2, 0.25) is 6.29 Å². The summed E-state index contributed by atoms with van der Waals surface area (Å²) in [4.78, 5) is 44.7. The van der Waals surface area contributed by atoms with Gasteiger partial charge in [-0.15, -0.1) is 0 Å². The number of allylic oxidation sites excluding steroid dienone is 2. The van der Waals surface area contributed by atoms with E-state index in [0.29, 0.717) is 44.9 Å². The maximum absolute atomic E-state index is 16.2. The maximum atomic E-state index is 16.2. The fourth-order valence-electron chi connectivity index (χ4n) is 24.2. The van der Waals surface area contributed by atoms with Gasteiger partial charge < -0.3 is 232 Å². The first-order valence-electron chi connectivity index (χ1n) is 46.7. The average Bonchev–Trinajstić information content (AvgIpc) is 0.671. The van der Waals surface area contributed by atoms with Crippen LogP contribution in [0.15, 0.2) is 11.6 Å². The molecule has 780 valence electrons. The van der Waals surface area contributed by atoms with Gasteiger partial charge in [-0.05, 0) is 124 Å². The van der Waals surface area contributed by atoms with E-state index < -0.39 is 391 Å². The van der Waals surface area contributed by atoms with Gasteiger partial charge in [0, 0.05) is 0 Å². The van der Waals surface area contributed by atoms with Crippen molar-refractivity contribution in [2.45, 2.75) is 421 Å². The van der Waals surface area contributed by atoms with E-state index in [4.69, 9.17) is 94.7 Å². The highest BCUT2D eigenvalue weighted by Crippen LogP contribution is 2.76. The number of hydrogen-bond donors (Lipinski definition) is 26. The van der Waals surface area contributed by atoms with Gasteiger partial charge in [-0.1, -0.05) is 53.2 Å². The van der Waals surface area contributed by atoms with E-state index in [9.17, 15) is 142 Å². The Labute approximate surface area is 780 Å². The molecule has 0 spiro atoms. The highest BCUT2D eigenvalue weighted by atomic mass is 16.8. The quantitative estimate of drug-likeness (QED) is 0.0175. The molecule has 0 amide bonds. The Morgan fingerprint density at radius 3 is 1.36 bits per heavy atom. The Bertz CT molecular complexity index is 4050. The van der Waals surface area contributed by atoms with E-state index >= 15 is 4.79 Å². The molecular weight excluding hydrogens is 1830 g/mol. The Balaban J connectivity index is 0.700. The van der Waals surface area contributed by atoms with Gasteiger partial charge in [0.1, 0.15) is 208 Å². The number of rotatable bonds is 25. The minimum atomic E-state index is -2.35. The summed E-state index contributed by atoms with van der Waals surface area (Å²) in [6.45, 7) is 11.6. The van der Waals surface area contributed by atoms with Crippen molar-refractivity contribution in [3.8, 4) is 0 Å². The Morgan fingerprint density at radius 2 is 0.816 bits per heavy atom. The first kappa shape index (κ1) is 107. The molecule has 56 atom stereocenters. The number of aliphatic hydroxyl groups is 25. The predicted molar refractivity (Wildman–Crippen MR) is 437 cm³/mol. The first-order chi connectivity index (χ1) is 64.0. The van der Waals surface area contributed by atoms with Gasteiger partial charge >= 0.3 is 11.9 Å². The molecule has 14 fully saturated rings. The Kier molecular flexibility index (Phi) is 32.6. The Morgan fingerprint density at radius 1 is 0.382 bits per heavy atom. The number of aliphatic hydroxyl groups excluding tert-OH is 25. The number of aliphatic carboxylic acids is 1. The van der Waals surface area contributed by atoms with Crippen molar-refractivity contribution < 1.29 is 242 Å². The van der Waals surface area contributed by atoms with E-state index in [0.717, 1.165) is 11.9 Å². The molecule has 15 rings (SSSR count). The summed E-state index contributed by atoms with van der Waals surface area (Å²) in [5.41, 5.74) is -4.37. The second-order valence-corrected chi connectivity index (χ2v) is 41.4. The number of esters is 1. The van der Waals surface area contributed by atoms with Crippen molar-refractivity contribution in [2.75, 3.05) is 39.6 Å². The summed E-state index contributed by atoms with van der Waals surface area (Å²) in [5.74, 6) is -3.95. The van der Waals surface area contributed by atoms with Crippen LogP contribution in [0, 0.1) is 50.2 Å². The van der Waals surface area contributed by atoms with Gasteiger partial charge in [-0.2, -0.15) is 0 Å². The summed E-state index contributed by atoms with van der Waals surface area (Å²) in [6, 6.07) is 0. The first-order valence-corrected chi connectivity index (χ1v) is 46.7. The van der Waals surface area contributed by atoms with Crippen molar-refractivity contribution in [3.63, 3.8) is 0 Å². The van der Waals surface area contributed by atoms with Crippen LogP contribution in [0.4, 0.5) is 0 Å². The van der Waals surface area contributed by atoms with Crippen LogP contribution >= 0.6 is 0 Å². The van der Waals surface area contributed by atoms with Gasteiger partial charge in [-0.3, -0.25) is 4.79 Å². The highest BCUT2D eigenvalue weighted by molar-refractivity contribution is 5.79. The zero-order valence-corrected chi connectivity index (χ0v) is 76.4. The standard InChI is InChI=1S/C87H138O49/c1-28-42(94)49(101)55(107)73(120-28)134-68-65(130-79-66(132-75-57(109)51(103)46(98)36(22-89)124-75)48(100)38(26-119-79)126-71-53(105)43(95)33(92)24-117-71)61(113)78(135-69(68)70(114)115)127-41-13-14-83(6)39(84(41,7)27-91)12-15-86(9)40(83)11-10-31-32-20-82(4,5)16-18-87(32,19-17-85(31,86)8)81(116)136-77-60(112)64(63(30(3)121-77)129-72-54(106)44(96)34(93)25-118-72)131-80-67(133-76-58(110)52(104)47(99)37(23-90)125-76)59(111)62(29(2)122-80)128-74-56(108)50(102)45(97)35(21-88)123-74/h10,27-30,32-69,71-80,88-90,92-113H,11-26H2,1-9H3,(H,114,115)/t28-,29-,30+,32-,33-,34+,35+,36+,37+,38+,39+,40+,41-,42-,43-,44-,45-,46-,47+,48-,49+,50-,51-,52-,53+,54+,55+,56+,57+,58+,59+,60+,61+,62-,63-,64+,65+,66+,67+,68-,69-,71-,72-,73-,74-,75-,76-,77-,78+,79-,80-,83-,84+,85+,86+,87-/m0/s1. The molecule has 49 nitrogen and oxygen atoms in total. The molecule has 0 aromatic heterocycles. The second-order valence-electron chi connectivity index (χ2n) is 41.4. The molecule has 136 heavy (non-hydrogen) atoms. The summed E-state index contributed by atoms with van der Waals surface area (Å²) < 4.78 is 122. The molecule has 49 heteroatoms. The molecule has 4 saturated carbocycles. The monoisotopic (exact) mass is 1970 g/mol. The molecule has 26 N–H and O–H groups in total. The molecule has 0 radical (unpaired) electrons. The van der Waals surface area contributed by atoms with E-state index in [1.165, 1.54) is 20.8 Å². The van der Waals surface area contributed by atoms with Crippen LogP contribution in [0.25, 0.3) is 0 Å². The number of carboxylic acids is 1. The summed E-state index contributed by atoms with van der Waals surface area (Å²) in [5, 5.41) is 289. The summed E-state index contributed by atoms with van der Waals surface area (Å²) in [7, 11) is 0. The Hall–Kier alpha value is -3.41. The van der Waals surface area contributed by atoms with E-state index in [1.54, 1.807) is 6.92 Å². The summed E-state index contributed by atoms with van der Waals surface area (Å²) >= 11 is 0. The van der Waals surface area contributed by atoms with Crippen LogP contribution in [0.1, 0.15) is 127 Å². The van der Waals surface area contributed by atoms with E-state index in [-0.39, 0.29) is 25.2 Å². The van der Waals surface area contributed by atoms with E-state index in [2.05, 4.69) is 40.7 Å². The smallest absolute Gasteiger partial charge is 0.335 e. The molecule has 10 aliphatic heterocycles. The molecule has 5 aliphatic carbocycles. The van der Waals surface area contributed by atoms with Gasteiger partial charge in [0.25, 0.3) is 0 Å². The van der Waals surface area contributed by atoms with Gasteiger partial charge in [-0.25, -0.2) is 4.79 Å². The molecular formula is C87H138O49. The van der Waals surface area contributed by atoms with Crippen molar-refractivity contribution in [2.24, 2.45) is 50.2 Å². The fraction of sp³-hybridized carbons (Fsp3) is 0.943. The molecule has 10 heterocycles. The van der Waals surface area contributed by atoms with Crippen LogP contribution in [0.5, 0.6) is 0 Å². The molecule has 0 unspecified atom stereocenters. The van der Waals surface area contributed by atoms with Crippen molar-refractivity contribution in [1.29, 1.82) is 0 Å². The third kappa shape index (κ3) is 19.2.